The smallest absolute Gasteiger partial charge is 0.318 e. The number of ether oxygens (including phenoxy) is 1. The molecule has 0 aliphatic heterocycles. The van der Waals surface area contributed by atoms with Gasteiger partial charge in [0.15, 0.2) is 0 Å². The third-order valence-electron chi connectivity index (χ3n) is 3.58. The number of anilines is 1. The number of halogens is 1. The van der Waals surface area contributed by atoms with Crippen LogP contribution in [0.2, 0.25) is 0 Å². The second-order valence-electron chi connectivity index (χ2n) is 5.25. The van der Waals surface area contributed by atoms with Crippen LogP contribution in [0, 0.1) is 6.92 Å². The van der Waals surface area contributed by atoms with Crippen molar-refractivity contribution in [2.45, 2.75) is 26.9 Å². The molecule has 23 heavy (non-hydrogen) atoms. The Hall–Kier alpha value is -2.01. The zero-order chi connectivity index (χ0) is 16.8. The molecule has 4 nitrogen and oxygen atoms in total. The summed E-state index contributed by atoms with van der Waals surface area (Å²) in [5.74, 6) is 0.857. The van der Waals surface area contributed by atoms with Gasteiger partial charge in [-0.15, -0.1) is 0 Å². The van der Waals surface area contributed by atoms with Crippen LogP contribution in [0.25, 0.3) is 0 Å². The molecule has 0 bridgehead atoms. The summed E-state index contributed by atoms with van der Waals surface area (Å²) in [7, 11) is 1.59. The van der Waals surface area contributed by atoms with Crippen molar-refractivity contribution in [2.75, 3.05) is 12.4 Å². The van der Waals surface area contributed by atoms with Gasteiger partial charge in [-0.2, -0.15) is 0 Å². The number of urea groups is 1. The number of benzene rings is 2. The second-order valence-corrected chi connectivity index (χ2v) is 6.16. The minimum absolute atomic E-state index is 0.257. The highest BCUT2D eigenvalue weighted by Crippen LogP contribution is 2.25. The fraction of sp³-hybridized carbons (Fsp3) is 0.278. The summed E-state index contributed by atoms with van der Waals surface area (Å²) in [6.45, 7) is 4.56. The van der Waals surface area contributed by atoms with Gasteiger partial charge in [-0.1, -0.05) is 41.1 Å². The zero-order valence-electron chi connectivity index (χ0n) is 13.6. The summed E-state index contributed by atoms with van der Waals surface area (Å²) < 4.78 is 6.83. The van der Waals surface area contributed by atoms with Crippen molar-refractivity contribution in [3.63, 3.8) is 0 Å². The molecule has 0 aliphatic rings. The normalized spacial score (nSPS) is 10.3. The number of hydrogen-bond acceptors (Lipinski definition) is 2. The van der Waals surface area contributed by atoms with Gasteiger partial charge < -0.3 is 15.4 Å². The van der Waals surface area contributed by atoms with Crippen molar-refractivity contribution in [1.29, 1.82) is 0 Å². The Morgan fingerprint density at radius 3 is 2.65 bits per heavy atom. The van der Waals surface area contributed by atoms with Crippen LogP contribution < -0.4 is 15.4 Å². The van der Waals surface area contributed by atoms with Crippen molar-refractivity contribution in [1.82, 2.24) is 5.32 Å². The van der Waals surface area contributed by atoms with E-state index in [-0.39, 0.29) is 6.03 Å². The molecule has 0 heterocycles. The third-order valence-corrected chi connectivity index (χ3v) is 4.07. The van der Waals surface area contributed by atoms with E-state index in [1.54, 1.807) is 7.05 Å². The third kappa shape index (κ3) is 4.73. The van der Waals surface area contributed by atoms with Crippen molar-refractivity contribution < 1.29 is 9.53 Å². The number of amides is 2. The van der Waals surface area contributed by atoms with Gasteiger partial charge in [0.2, 0.25) is 0 Å². The average Bonchev–Trinajstić information content (AvgIpc) is 2.54. The lowest BCUT2D eigenvalue weighted by atomic mass is 10.1. The lowest BCUT2D eigenvalue weighted by molar-refractivity contribution is 0.254. The Kier molecular flexibility index (Phi) is 6.04. The molecule has 0 spiro atoms. The highest BCUT2D eigenvalue weighted by atomic mass is 79.9. The van der Waals surface area contributed by atoms with E-state index in [1.807, 2.05) is 31.2 Å². The lowest BCUT2D eigenvalue weighted by Crippen LogP contribution is -2.25. The van der Waals surface area contributed by atoms with E-state index in [9.17, 15) is 4.79 Å². The number of hydrogen-bond donors (Lipinski definition) is 2. The number of rotatable bonds is 5. The van der Waals surface area contributed by atoms with Crippen LogP contribution in [0.5, 0.6) is 5.75 Å². The summed E-state index contributed by atoms with van der Waals surface area (Å²) in [6.07, 6.45) is 1.01. The fourth-order valence-electron chi connectivity index (χ4n) is 2.22. The van der Waals surface area contributed by atoms with Gasteiger partial charge in [-0.3, -0.25) is 0 Å². The molecule has 0 unspecified atom stereocenters. The molecule has 0 fully saturated rings. The van der Waals surface area contributed by atoms with Crippen LogP contribution >= 0.6 is 15.9 Å². The fourth-order valence-corrected chi connectivity index (χ4v) is 2.59. The van der Waals surface area contributed by atoms with Gasteiger partial charge in [-0.05, 0) is 42.7 Å². The van der Waals surface area contributed by atoms with E-state index in [0.29, 0.717) is 6.61 Å². The van der Waals surface area contributed by atoms with E-state index >= 15 is 0 Å². The molecule has 2 rings (SSSR count). The van der Waals surface area contributed by atoms with Gasteiger partial charge in [0.1, 0.15) is 12.4 Å². The van der Waals surface area contributed by atoms with Gasteiger partial charge >= 0.3 is 6.03 Å². The molecular weight excluding hydrogens is 356 g/mol. The molecule has 122 valence electrons. The first-order valence-corrected chi connectivity index (χ1v) is 8.32. The first-order valence-electron chi connectivity index (χ1n) is 7.53. The summed E-state index contributed by atoms with van der Waals surface area (Å²) in [4.78, 5) is 11.6. The van der Waals surface area contributed by atoms with Crippen LogP contribution in [0.4, 0.5) is 10.5 Å². The Morgan fingerprint density at radius 2 is 2.00 bits per heavy atom. The molecule has 5 heteroatoms. The summed E-state index contributed by atoms with van der Waals surface area (Å²) in [6, 6.07) is 11.7. The summed E-state index contributed by atoms with van der Waals surface area (Å²) in [5.41, 5.74) is 4.04. The maximum Gasteiger partial charge on any atom is 0.318 e. The first-order chi connectivity index (χ1) is 11.0. The van der Waals surface area contributed by atoms with Crippen molar-refractivity contribution in [2.24, 2.45) is 0 Å². The monoisotopic (exact) mass is 376 g/mol. The van der Waals surface area contributed by atoms with E-state index in [1.165, 1.54) is 5.56 Å². The van der Waals surface area contributed by atoms with Gasteiger partial charge in [0, 0.05) is 17.1 Å². The van der Waals surface area contributed by atoms with Crippen LogP contribution in [-0.4, -0.2) is 13.1 Å². The maximum absolute atomic E-state index is 11.6. The number of carbonyl (C=O) groups excluding carboxylic acids is 1. The highest BCUT2D eigenvalue weighted by molar-refractivity contribution is 9.10. The SMILES string of the molecule is CCc1ccc(OCc2ccc(Br)cc2NC(=O)NC)c(C)c1. The largest absolute Gasteiger partial charge is 0.489 e. The molecule has 0 radical (unpaired) electrons. The zero-order valence-corrected chi connectivity index (χ0v) is 15.2. The van der Waals surface area contributed by atoms with Crippen molar-refractivity contribution in [3.8, 4) is 5.75 Å². The van der Waals surface area contributed by atoms with E-state index in [0.717, 1.165) is 33.5 Å². The van der Waals surface area contributed by atoms with E-state index < -0.39 is 0 Å². The van der Waals surface area contributed by atoms with Crippen molar-refractivity contribution >= 4 is 27.6 Å². The van der Waals surface area contributed by atoms with Gasteiger partial charge in [-0.25, -0.2) is 4.79 Å². The summed E-state index contributed by atoms with van der Waals surface area (Å²) in [5, 5.41) is 5.36. The Bertz CT molecular complexity index is 701. The molecule has 0 aliphatic carbocycles. The average molecular weight is 377 g/mol. The topological polar surface area (TPSA) is 50.4 Å². The Balaban J connectivity index is 2.15. The molecule has 2 N–H and O–H groups in total. The molecule has 0 saturated carbocycles. The predicted molar refractivity (Wildman–Crippen MR) is 97.1 cm³/mol. The van der Waals surface area contributed by atoms with Crippen LogP contribution in [0.15, 0.2) is 40.9 Å². The van der Waals surface area contributed by atoms with E-state index in [2.05, 4.69) is 45.6 Å². The quantitative estimate of drug-likeness (QED) is 0.797. The summed E-state index contributed by atoms with van der Waals surface area (Å²) >= 11 is 3.42. The number of aryl methyl sites for hydroxylation is 2. The Labute approximate surface area is 145 Å². The van der Waals surface area contributed by atoms with Crippen molar-refractivity contribution in [3.05, 3.63) is 57.6 Å². The minimum Gasteiger partial charge on any atom is -0.489 e. The second kappa shape index (κ2) is 8.02. The molecule has 2 amide bonds. The maximum atomic E-state index is 11.6. The lowest BCUT2D eigenvalue weighted by Gasteiger charge is -2.14. The van der Waals surface area contributed by atoms with Crippen LogP contribution in [0.1, 0.15) is 23.6 Å². The van der Waals surface area contributed by atoms with E-state index in [4.69, 9.17) is 4.74 Å². The molecule has 0 aromatic heterocycles. The molecule has 0 atom stereocenters. The van der Waals surface area contributed by atoms with Crippen LogP contribution in [-0.2, 0) is 13.0 Å². The standard InChI is InChI=1S/C18H21BrN2O2/c1-4-13-5-8-17(12(2)9-13)23-11-14-6-7-15(19)10-16(14)21-18(22)20-3/h5-10H,4,11H2,1-3H3,(H2,20,21,22). The minimum atomic E-state index is -0.257. The van der Waals surface area contributed by atoms with Gasteiger partial charge in [0.05, 0.1) is 5.69 Å². The number of nitrogens with one attached hydrogen (secondary N) is 2. The molecule has 2 aromatic rings. The molecule has 2 aromatic carbocycles. The van der Waals surface area contributed by atoms with Crippen LogP contribution in [0.3, 0.4) is 0 Å². The molecular formula is C18H21BrN2O2. The predicted octanol–water partition coefficient (Wildman–Crippen LogP) is 4.65. The Morgan fingerprint density at radius 1 is 1.22 bits per heavy atom. The highest BCUT2D eigenvalue weighted by Gasteiger charge is 2.08. The van der Waals surface area contributed by atoms with Gasteiger partial charge in [0.25, 0.3) is 0 Å². The molecule has 0 saturated heterocycles. The number of carbonyl (C=O) groups is 1. The first kappa shape index (κ1) is 17.3.